The fourth-order valence-electron chi connectivity index (χ4n) is 2.32. The molecule has 0 aromatic rings. The van der Waals surface area contributed by atoms with Gasteiger partial charge >= 0.3 is 0 Å². The molecule has 3 atom stereocenters. The van der Waals surface area contributed by atoms with Crippen LogP contribution in [0.1, 0.15) is 27.2 Å². The summed E-state index contributed by atoms with van der Waals surface area (Å²) < 4.78 is 0. The summed E-state index contributed by atoms with van der Waals surface area (Å²) in [5.41, 5.74) is 5.77. The second-order valence-electron chi connectivity index (χ2n) is 4.96. The van der Waals surface area contributed by atoms with E-state index >= 15 is 0 Å². The van der Waals surface area contributed by atoms with Crippen molar-refractivity contribution >= 4 is 5.91 Å². The maximum Gasteiger partial charge on any atom is 0.221 e. The number of carbonyl (C=O) groups excluding carboxylic acids is 1. The van der Waals surface area contributed by atoms with Crippen molar-refractivity contribution in [2.24, 2.45) is 17.6 Å². The van der Waals surface area contributed by atoms with E-state index in [2.05, 4.69) is 24.1 Å². The van der Waals surface area contributed by atoms with Crippen molar-refractivity contribution in [2.75, 3.05) is 26.2 Å². The Morgan fingerprint density at radius 3 is 2.44 bits per heavy atom. The molecule has 0 aromatic carbocycles. The topological polar surface area (TPSA) is 58.4 Å². The fraction of sp³-hybridized carbons (Fsp3) is 0.917. The molecule has 0 spiro atoms. The molecule has 3 unspecified atom stereocenters. The summed E-state index contributed by atoms with van der Waals surface area (Å²) in [4.78, 5) is 13.9. The van der Waals surface area contributed by atoms with E-state index in [0.29, 0.717) is 31.3 Å². The van der Waals surface area contributed by atoms with E-state index in [-0.39, 0.29) is 11.9 Å². The average Bonchev–Trinajstić information content (AvgIpc) is 2.56. The molecule has 0 radical (unpaired) electrons. The molecule has 1 rings (SSSR count). The predicted octanol–water partition coefficient (Wildman–Crippen LogP) is 0.428. The summed E-state index contributed by atoms with van der Waals surface area (Å²) >= 11 is 0. The van der Waals surface area contributed by atoms with Crippen LogP contribution in [0.15, 0.2) is 0 Å². The molecular formula is C12H25N3O. The van der Waals surface area contributed by atoms with Gasteiger partial charge in [0.25, 0.3) is 0 Å². The molecular weight excluding hydrogens is 202 g/mol. The zero-order valence-electron chi connectivity index (χ0n) is 10.7. The van der Waals surface area contributed by atoms with Crippen LogP contribution in [0.5, 0.6) is 0 Å². The number of nitrogens with two attached hydrogens (primary N) is 1. The van der Waals surface area contributed by atoms with Crippen molar-refractivity contribution in [1.29, 1.82) is 0 Å². The van der Waals surface area contributed by atoms with Gasteiger partial charge in [-0.1, -0.05) is 13.8 Å². The van der Waals surface area contributed by atoms with Crippen LogP contribution in [0.25, 0.3) is 0 Å². The monoisotopic (exact) mass is 227 g/mol. The first kappa shape index (κ1) is 13.5. The standard InChI is InChI=1S/C12H25N3O/c1-4-14-12(16)5-11(6-13)15-7-9(2)10(3)8-15/h9-11H,4-8,13H2,1-3H3,(H,14,16). The average molecular weight is 227 g/mol. The van der Waals surface area contributed by atoms with Crippen LogP contribution in [0.4, 0.5) is 0 Å². The van der Waals surface area contributed by atoms with Gasteiger partial charge in [0.1, 0.15) is 0 Å². The zero-order valence-corrected chi connectivity index (χ0v) is 10.7. The summed E-state index contributed by atoms with van der Waals surface area (Å²) in [6.45, 7) is 9.88. The molecule has 1 fully saturated rings. The molecule has 0 bridgehead atoms. The Balaban J connectivity index is 2.45. The second-order valence-corrected chi connectivity index (χ2v) is 4.96. The Labute approximate surface area is 98.6 Å². The second kappa shape index (κ2) is 6.21. The van der Waals surface area contributed by atoms with Gasteiger partial charge in [-0.2, -0.15) is 0 Å². The van der Waals surface area contributed by atoms with Crippen molar-refractivity contribution in [3.8, 4) is 0 Å². The Kier molecular flexibility index (Phi) is 5.22. The minimum atomic E-state index is 0.116. The lowest BCUT2D eigenvalue weighted by molar-refractivity contribution is -0.122. The maximum atomic E-state index is 11.5. The molecule has 4 heteroatoms. The third kappa shape index (κ3) is 3.46. The van der Waals surface area contributed by atoms with Gasteiger partial charge in [0.15, 0.2) is 0 Å². The number of rotatable bonds is 5. The first-order valence-corrected chi connectivity index (χ1v) is 6.29. The van der Waals surface area contributed by atoms with Gasteiger partial charge in [-0.05, 0) is 18.8 Å². The first-order chi connectivity index (χ1) is 7.58. The van der Waals surface area contributed by atoms with Gasteiger partial charge in [0.2, 0.25) is 5.91 Å². The normalized spacial score (nSPS) is 28.0. The highest BCUT2D eigenvalue weighted by Gasteiger charge is 2.31. The molecule has 94 valence electrons. The molecule has 0 saturated carbocycles. The van der Waals surface area contributed by atoms with E-state index < -0.39 is 0 Å². The molecule has 0 aromatic heterocycles. The van der Waals surface area contributed by atoms with Crippen LogP contribution in [-0.4, -0.2) is 43.0 Å². The molecule has 1 saturated heterocycles. The minimum absolute atomic E-state index is 0.116. The highest BCUT2D eigenvalue weighted by molar-refractivity contribution is 5.76. The lowest BCUT2D eigenvalue weighted by Gasteiger charge is -2.26. The quantitative estimate of drug-likeness (QED) is 0.716. The number of amides is 1. The van der Waals surface area contributed by atoms with Gasteiger partial charge in [-0.15, -0.1) is 0 Å². The summed E-state index contributed by atoms with van der Waals surface area (Å²) in [5.74, 6) is 1.54. The van der Waals surface area contributed by atoms with Crippen LogP contribution in [0.3, 0.4) is 0 Å². The molecule has 0 aliphatic carbocycles. The van der Waals surface area contributed by atoms with Crippen molar-refractivity contribution in [3.05, 3.63) is 0 Å². The highest BCUT2D eigenvalue weighted by atomic mass is 16.1. The van der Waals surface area contributed by atoms with Crippen LogP contribution < -0.4 is 11.1 Å². The van der Waals surface area contributed by atoms with E-state index in [1.807, 2.05) is 6.92 Å². The largest absolute Gasteiger partial charge is 0.356 e. The van der Waals surface area contributed by atoms with Gasteiger partial charge < -0.3 is 11.1 Å². The van der Waals surface area contributed by atoms with Crippen molar-refractivity contribution in [2.45, 2.75) is 33.2 Å². The Morgan fingerprint density at radius 1 is 1.44 bits per heavy atom. The van der Waals surface area contributed by atoms with E-state index in [1.54, 1.807) is 0 Å². The lowest BCUT2D eigenvalue weighted by atomic mass is 10.0. The van der Waals surface area contributed by atoms with Gasteiger partial charge in [0.05, 0.1) is 0 Å². The number of carbonyl (C=O) groups is 1. The molecule has 1 aliphatic rings. The van der Waals surface area contributed by atoms with E-state index in [1.165, 1.54) is 0 Å². The fourth-order valence-corrected chi connectivity index (χ4v) is 2.32. The summed E-state index contributed by atoms with van der Waals surface area (Å²) in [5, 5.41) is 2.84. The number of nitrogens with zero attached hydrogens (tertiary/aromatic N) is 1. The number of likely N-dealkylation sites (tertiary alicyclic amines) is 1. The minimum Gasteiger partial charge on any atom is -0.356 e. The summed E-state index contributed by atoms with van der Waals surface area (Å²) in [6.07, 6.45) is 0.532. The van der Waals surface area contributed by atoms with Gasteiger partial charge in [0, 0.05) is 38.6 Å². The third-order valence-electron chi connectivity index (χ3n) is 3.60. The van der Waals surface area contributed by atoms with Crippen LogP contribution >= 0.6 is 0 Å². The lowest BCUT2D eigenvalue weighted by Crippen LogP contribution is -2.43. The predicted molar refractivity (Wildman–Crippen MR) is 66.0 cm³/mol. The Morgan fingerprint density at radius 2 is 2.00 bits per heavy atom. The van der Waals surface area contributed by atoms with Crippen LogP contribution in [-0.2, 0) is 4.79 Å². The van der Waals surface area contributed by atoms with Crippen molar-refractivity contribution in [1.82, 2.24) is 10.2 Å². The summed E-state index contributed by atoms with van der Waals surface area (Å²) in [7, 11) is 0. The number of hydrogen-bond donors (Lipinski definition) is 2. The van der Waals surface area contributed by atoms with E-state index in [9.17, 15) is 4.79 Å². The molecule has 1 heterocycles. The maximum absolute atomic E-state index is 11.5. The molecule has 1 amide bonds. The number of nitrogens with one attached hydrogen (secondary N) is 1. The van der Waals surface area contributed by atoms with Crippen LogP contribution in [0, 0.1) is 11.8 Å². The Bertz CT molecular complexity index is 222. The molecule has 3 N–H and O–H groups in total. The molecule has 16 heavy (non-hydrogen) atoms. The molecule has 4 nitrogen and oxygen atoms in total. The van der Waals surface area contributed by atoms with Gasteiger partial charge in [-0.3, -0.25) is 9.69 Å². The van der Waals surface area contributed by atoms with Gasteiger partial charge in [-0.25, -0.2) is 0 Å². The van der Waals surface area contributed by atoms with Crippen molar-refractivity contribution < 1.29 is 4.79 Å². The third-order valence-corrected chi connectivity index (χ3v) is 3.60. The van der Waals surface area contributed by atoms with Crippen molar-refractivity contribution in [3.63, 3.8) is 0 Å². The SMILES string of the molecule is CCNC(=O)CC(CN)N1CC(C)C(C)C1. The Hall–Kier alpha value is -0.610. The zero-order chi connectivity index (χ0) is 12.1. The first-order valence-electron chi connectivity index (χ1n) is 6.29. The van der Waals surface area contributed by atoms with E-state index in [0.717, 1.165) is 13.1 Å². The molecule has 1 aliphatic heterocycles. The van der Waals surface area contributed by atoms with E-state index in [4.69, 9.17) is 5.73 Å². The number of hydrogen-bond acceptors (Lipinski definition) is 3. The smallest absolute Gasteiger partial charge is 0.221 e. The van der Waals surface area contributed by atoms with Crippen LogP contribution in [0.2, 0.25) is 0 Å². The summed E-state index contributed by atoms with van der Waals surface area (Å²) in [6, 6.07) is 0.207. The highest BCUT2D eigenvalue weighted by Crippen LogP contribution is 2.24.